The van der Waals surface area contributed by atoms with Gasteiger partial charge in [0, 0.05) is 42.0 Å². The number of carbonyl (C=O) groups is 1. The molecule has 6 nitrogen and oxygen atoms in total. The maximum atomic E-state index is 14.0. The first-order chi connectivity index (χ1) is 15.5. The minimum Gasteiger partial charge on any atom is -0.496 e. The highest BCUT2D eigenvalue weighted by Gasteiger charge is 2.33. The lowest BCUT2D eigenvalue weighted by Gasteiger charge is -2.31. The number of fused-ring (bicyclic) bond motifs is 1. The van der Waals surface area contributed by atoms with Crippen molar-refractivity contribution in [2.75, 3.05) is 20.2 Å². The molecule has 2 unspecified atom stereocenters. The first-order valence-corrected chi connectivity index (χ1v) is 11.0. The summed E-state index contributed by atoms with van der Waals surface area (Å²) in [6.45, 7) is 1.73. The Morgan fingerprint density at radius 1 is 1.25 bits per heavy atom. The molecule has 5 rings (SSSR count). The van der Waals surface area contributed by atoms with Crippen molar-refractivity contribution < 1.29 is 19.0 Å². The first kappa shape index (κ1) is 20.7. The second-order valence-corrected chi connectivity index (χ2v) is 8.62. The smallest absolute Gasteiger partial charge is 0.306 e. The summed E-state index contributed by atoms with van der Waals surface area (Å²) >= 11 is 0. The monoisotopic (exact) mass is 435 g/mol. The number of aromatic nitrogens is 2. The summed E-state index contributed by atoms with van der Waals surface area (Å²) in [7, 11) is 1.58. The van der Waals surface area contributed by atoms with Crippen LogP contribution in [0.5, 0.6) is 5.75 Å². The lowest BCUT2D eigenvalue weighted by molar-refractivity contribution is -0.141. The molecule has 1 saturated carbocycles. The molecule has 1 fully saturated rings. The van der Waals surface area contributed by atoms with E-state index in [0.717, 1.165) is 61.1 Å². The van der Waals surface area contributed by atoms with Crippen LogP contribution in [0.15, 0.2) is 42.6 Å². The molecule has 0 spiro atoms. The molecule has 3 heterocycles. The minimum absolute atomic E-state index is 0.205. The number of aliphatic carboxylic acids is 1. The standard InChI is InChI=1S/C25H26FN3O3/c1-32-23-5-3-17(26)13-20(23)19-6-9-27-24-21(19)14-22(28-24)15-7-10-29(11-8-15)18-4-2-16(12-18)25(30)31/h3,5-7,9,13-14,16,18H,2,4,8,10-12H2,1H3,(H,27,28)(H,30,31). The number of hydrogen-bond donors (Lipinski definition) is 2. The number of rotatable bonds is 5. The van der Waals surface area contributed by atoms with E-state index in [9.17, 15) is 14.3 Å². The van der Waals surface area contributed by atoms with E-state index in [1.807, 2.05) is 6.07 Å². The number of benzene rings is 1. The fraction of sp³-hybridized carbons (Fsp3) is 0.360. The van der Waals surface area contributed by atoms with E-state index in [1.165, 1.54) is 17.7 Å². The number of carboxylic acids is 1. The molecule has 2 aromatic heterocycles. The van der Waals surface area contributed by atoms with Gasteiger partial charge in [-0.2, -0.15) is 0 Å². The van der Waals surface area contributed by atoms with Gasteiger partial charge in [-0.1, -0.05) is 6.08 Å². The van der Waals surface area contributed by atoms with Gasteiger partial charge >= 0.3 is 5.97 Å². The zero-order chi connectivity index (χ0) is 22.2. The predicted molar refractivity (Wildman–Crippen MR) is 121 cm³/mol. The van der Waals surface area contributed by atoms with E-state index in [4.69, 9.17) is 4.74 Å². The van der Waals surface area contributed by atoms with E-state index in [0.29, 0.717) is 17.4 Å². The third kappa shape index (κ3) is 3.77. The highest BCUT2D eigenvalue weighted by atomic mass is 19.1. The van der Waals surface area contributed by atoms with Crippen LogP contribution in [0.2, 0.25) is 0 Å². The number of pyridine rings is 1. The zero-order valence-corrected chi connectivity index (χ0v) is 18.0. The van der Waals surface area contributed by atoms with Gasteiger partial charge in [-0.25, -0.2) is 9.37 Å². The molecule has 0 radical (unpaired) electrons. The number of carboxylic acid groups (broad SMARTS) is 1. The van der Waals surface area contributed by atoms with Crippen LogP contribution < -0.4 is 4.74 Å². The number of nitrogens with zero attached hydrogens (tertiary/aromatic N) is 2. The normalized spacial score (nSPS) is 21.6. The molecule has 0 amide bonds. The predicted octanol–water partition coefficient (Wildman–Crippen LogP) is 4.72. The van der Waals surface area contributed by atoms with E-state index in [-0.39, 0.29) is 11.7 Å². The van der Waals surface area contributed by atoms with Crippen LogP contribution in [0.25, 0.3) is 27.7 Å². The molecule has 166 valence electrons. The Balaban J connectivity index is 1.41. The van der Waals surface area contributed by atoms with E-state index in [2.05, 4.69) is 27.0 Å². The molecule has 7 heteroatoms. The Hall–Kier alpha value is -3.19. The molecular weight excluding hydrogens is 409 g/mol. The second kappa shape index (κ2) is 8.39. The molecule has 2 aliphatic rings. The zero-order valence-electron chi connectivity index (χ0n) is 18.0. The van der Waals surface area contributed by atoms with Crippen molar-refractivity contribution in [1.29, 1.82) is 0 Å². The minimum atomic E-state index is -0.669. The van der Waals surface area contributed by atoms with E-state index < -0.39 is 5.97 Å². The summed E-state index contributed by atoms with van der Waals surface area (Å²) in [5, 5.41) is 10.2. The van der Waals surface area contributed by atoms with Gasteiger partial charge in [0.25, 0.3) is 0 Å². The summed E-state index contributed by atoms with van der Waals surface area (Å²) in [5.74, 6) is -0.570. The second-order valence-electron chi connectivity index (χ2n) is 8.62. The van der Waals surface area contributed by atoms with Crippen molar-refractivity contribution in [3.05, 3.63) is 54.1 Å². The van der Waals surface area contributed by atoms with Gasteiger partial charge in [-0.15, -0.1) is 0 Å². The van der Waals surface area contributed by atoms with Crippen molar-refractivity contribution in [2.45, 2.75) is 31.7 Å². The largest absolute Gasteiger partial charge is 0.496 e. The van der Waals surface area contributed by atoms with Gasteiger partial charge in [0.1, 0.15) is 17.2 Å². The SMILES string of the molecule is COc1ccc(F)cc1-c1ccnc2[nH]c(C3=CCN(C4CCC(C(=O)O)C4)CC3)cc12. The first-order valence-electron chi connectivity index (χ1n) is 11.0. The number of aromatic amines is 1. The number of halogens is 1. The van der Waals surface area contributed by atoms with Crippen molar-refractivity contribution in [1.82, 2.24) is 14.9 Å². The van der Waals surface area contributed by atoms with E-state index in [1.54, 1.807) is 19.4 Å². The van der Waals surface area contributed by atoms with Crippen LogP contribution >= 0.6 is 0 Å². The number of hydrogen-bond acceptors (Lipinski definition) is 4. The molecule has 2 atom stereocenters. The van der Waals surface area contributed by atoms with Gasteiger partial charge < -0.3 is 14.8 Å². The maximum Gasteiger partial charge on any atom is 0.306 e. The quantitative estimate of drug-likeness (QED) is 0.606. The lowest BCUT2D eigenvalue weighted by Crippen LogP contribution is -2.37. The molecule has 3 aromatic rings. The number of methoxy groups -OCH3 is 1. The molecule has 0 bridgehead atoms. The molecule has 1 aliphatic heterocycles. The fourth-order valence-electron chi connectivity index (χ4n) is 5.10. The summed E-state index contributed by atoms with van der Waals surface area (Å²) in [6, 6.07) is 8.84. The third-order valence-electron chi connectivity index (χ3n) is 6.84. The number of nitrogens with one attached hydrogen (secondary N) is 1. The van der Waals surface area contributed by atoms with Crippen LogP contribution in [0.1, 0.15) is 31.4 Å². The van der Waals surface area contributed by atoms with Crippen LogP contribution in [-0.4, -0.2) is 52.2 Å². The number of H-pyrrole nitrogens is 1. The summed E-state index contributed by atoms with van der Waals surface area (Å²) in [6.07, 6.45) is 7.30. The van der Waals surface area contributed by atoms with Gasteiger partial charge in [0.2, 0.25) is 0 Å². The van der Waals surface area contributed by atoms with Crippen LogP contribution in [0.3, 0.4) is 0 Å². The summed E-state index contributed by atoms with van der Waals surface area (Å²) in [4.78, 5) is 21.6. The van der Waals surface area contributed by atoms with Crippen molar-refractivity contribution in [3.63, 3.8) is 0 Å². The van der Waals surface area contributed by atoms with Crippen molar-refractivity contribution >= 4 is 22.6 Å². The molecular formula is C25H26FN3O3. The molecule has 1 aromatic carbocycles. The van der Waals surface area contributed by atoms with Crippen LogP contribution in [-0.2, 0) is 4.79 Å². The maximum absolute atomic E-state index is 14.0. The van der Waals surface area contributed by atoms with Crippen LogP contribution in [0, 0.1) is 11.7 Å². The summed E-state index contributed by atoms with van der Waals surface area (Å²) in [5.41, 5.74) is 4.57. The number of ether oxygens (including phenoxy) is 1. The topological polar surface area (TPSA) is 78.5 Å². The lowest BCUT2D eigenvalue weighted by atomic mass is 10.00. The Morgan fingerprint density at radius 2 is 2.12 bits per heavy atom. The Bertz CT molecular complexity index is 1200. The van der Waals surface area contributed by atoms with Gasteiger partial charge in [0.15, 0.2) is 0 Å². The average Bonchev–Trinajstić information content (AvgIpc) is 3.47. The van der Waals surface area contributed by atoms with Gasteiger partial charge in [-0.05, 0) is 67.2 Å². The fourth-order valence-corrected chi connectivity index (χ4v) is 5.10. The Labute approximate surface area is 185 Å². The van der Waals surface area contributed by atoms with Crippen molar-refractivity contribution in [2.24, 2.45) is 5.92 Å². The Kier molecular flexibility index (Phi) is 5.43. The molecule has 32 heavy (non-hydrogen) atoms. The van der Waals surface area contributed by atoms with Crippen LogP contribution in [0.4, 0.5) is 4.39 Å². The average molecular weight is 435 g/mol. The summed E-state index contributed by atoms with van der Waals surface area (Å²) < 4.78 is 19.4. The molecule has 2 N–H and O–H groups in total. The van der Waals surface area contributed by atoms with Gasteiger partial charge in [-0.3, -0.25) is 9.69 Å². The highest BCUT2D eigenvalue weighted by Crippen LogP contribution is 2.37. The van der Waals surface area contributed by atoms with E-state index >= 15 is 0 Å². The Morgan fingerprint density at radius 3 is 2.84 bits per heavy atom. The molecule has 0 saturated heterocycles. The van der Waals surface area contributed by atoms with Crippen molar-refractivity contribution in [3.8, 4) is 16.9 Å². The van der Waals surface area contributed by atoms with Gasteiger partial charge in [0.05, 0.1) is 13.0 Å². The highest BCUT2D eigenvalue weighted by molar-refractivity contribution is 5.96. The molecule has 1 aliphatic carbocycles. The third-order valence-corrected chi connectivity index (χ3v) is 6.84.